The van der Waals surface area contributed by atoms with Gasteiger partial charge < -0.3 is 64.1 Å². The topological polar surface area (TPSA) is 288 Å². The largest absolute Gasteiger partial charge is 0.481 e. The van der Waals surface area contributed by atoms with Crippen LogP contribution < -0.4 is 0 Å². The summed E-state index contributed by atoms with van der Waals surface area (Å²) in [6.45, 7) is 8.23. The number of aliphatic hydroxyl groups excluding tert-OH is 1. The summed E-state index contributed by atoms with van der Waals surface area (Å²) in [5.41, 5.74) is 0. The van der Waals surface area contributed by atoms with E-state index in [1.165, 1.54) is 41.9 Å². The molecule has 4 heterocycles. The van der Waals surface area contributed by atoms with Crippen LogP contribution in [0, 0.1) is 23.7 Å². The number of rotatable bonds is 30. The zero-order valence-corrected chi connectivity index (χ0v) is 36.7. The van der Waals surface area contributed by atoms with E-state index in [0.717, 1.165) is 19.4 Å². The van der Waals surface area contributed by atoms with Crippen LogP contribution in [-0.4, -0.2) is 204 Å². The van der Waals surface area contributed by atoms with Gasteiger partial charge in [0.05, 0.1) is 76.5 Å². The zero-order chi connectivity index (χ0) is 46.6. The van der Waals surface area contributed by atoms with Crippen LogP contribution >= 0.6 is 0 Å². The number of aliphatic carboxylic acids is 4. The van der Waals surface area contributed by atoms with Gasteiger partial charge in [0.15, 0.2) is 0 Å². The lowest BCUT2D eigenvalue weighted by Crippen LogP contribution is -2.31. The number of nitrogens with zero attached hydrogens (tertiary/aromatic N) is 4. The van der Waals surface area contributed by atoms with Crippen molar-refractivity contribution in [2.75, 3.05) is 112 Å². The van der Waals surface area contributed by atoms with Crippen LogP contribution in [0.4, 0.5) is 0 Å². The Bertz CT molecular complexity index is 1400. The second kappa shape index (κ2) is 31.4. The molecular formula is C42H70N4O17. The molecular weight excluding hydrogens is 832 g/mol. The first-order valence-electron chi connectivity index (χ1n) is 22.1. The monoisotopic (exact) mass is 902 g/mol. The number of amides is 4. The summed E-state index contributed by atoms with van der Waals surface area (Å²) in [6, 6.07) is 0. The third-order valence-electron chi connectivity index (χ3n) is 11.0. The number of hydrogen-bond acceptors (Lipinski definition) is 13. The summed E-state index contributed by atoms with van der Waals surface area (Å²) >= 11 is 0. The molecule has 21 nitrogen and oxygen atoms in total. The SMILES string of the molecule is CCCCCCCCCN1CC(C(=O)O)CC1=O.O=C(O)C1CC(=O)N(CCCOCCOCCO)C1.O=C(O)C1CC(=O)N(CCOCCOCCN2CC(C(=O)O)CC2=O)C1. The first-order chi connectivity index (χ1) is 30.2. The Balaban J connectivity index is 0.000000333. The molecule has 4 fully saturated rings. The van der Waals surface area contributed by atoms with E-state index >= 15 is 0 Å². The maximum atomic E-state index is 11.6. The summed E-state index contributed by atoms with van der Waals surface area (Å²) in [7, 11) is 0. The van der Waals surface area contributed by atoms with E-state index in [1.807, 2.05) is 0 Å². The number of carboxylic acids is 4. The molecule has 0 saturated carbocycles. The van der Waals surface area contributed by atoms with Gasteiger partial charge >= 0.3 is 23.9 Å². The molecule has 4 aliphatic heterocycles. The second-order valence-electron chi connectivity index (χ2n) is 16.0. The summed E-state index contributed by atoms with van der Waals surface area (Å²) in [6.07, 6.45) is 9.57. The third-order valence-corrected chi connectivity index (χ3v) is 11.0. The van der Waals surface area contributed by atoms with Crippen molar-refractivity contribution in [1.29, 1.82) is 0 Å². The lowest BCUT2D eigenvalue weighted by atomic mass is 10.1. The summed E-state index contributed by atoms with van der Waals surface area (Å²) < 4.78 is 21.0. The third kappa shape index (κ3) is 22.2. The molecule has 4 unspecified atom stereocenters. The number of carboxylic acid groups (broad SMARTS) is 4. The van der Waals surface area contributed by atoms with Crippen LogP contribution in [-0.2, 0) is 57.3 Å². The van der Waals surface area contributed by atoms with E-state index in [1.54, 1.807) is 9.80 Å². The Morgan fingerprint density at radius 3 is 1.06 bits per heavy atom. The van der Waals surface area contributed by atoms with Gasteiger partial charge in [-0.3, -0.25) is 38.4 Å². The normalized spacial score (nSPS) is 20.9. The van der Waals surface area contributed by atoms with Gasteiger partial charge in [-0.2, -0.15) is 0 Å². The minimum atomic E-state index is -0.957. The highest BCUT2D eigenvalue weighted by atomic mass is 16.5. The molecule has 0 aromatic heterocycles. The van der Waals surface area contributed by atoms with E-state index in [4.69, 9.17) is 44.5 Å². The highest BCUT2D eigenvalue weighted by Gasteiger charge is 2.36. The van der Waals surface area contributed by atoms with Gasteiger partial charge in [-0.05, 0) is 12.8 Å². The van der Waals surface area contributed by atoms with E-state index in [-0.39, 0.29) is 69.0 Å². The summed E-state index contributed by atoms with van der Waals surface area (Å²) in [5.74, 6) is -6.44. The number of carbonyl (C=O) groups excluding carboxylic acids is 4. The Morgan fingerprint density at radius 1 is 0.429 bits per heavy atom. The number of likely N-dealkylation sites (tertiary alicyclic amines) is 4. The summed E-state index contributed by atoms with van der Waals surface area (Å²) in [4.78, 5) is 95.8. The van der Waals surface area contributed by atoms with Crippen molar-refractivity contribution in [2.45, 2.75) is 84.0 Å². The van der Waals surface area contributed by atoms with Gasteiger partial charge in [0.25, 0.3) is 0 Å². The Kier molecular flexibility index (Phi) is 27.3. The molecule has 0 bridgehead atoms. The van der Waals surface area contributed by atoms with Gasteiger partial charge in [-0.15, -0.1) is 0 Å². The van der Waals surface area contributed by atoms with Crippen LogP contribution in [0.15, 0.2) is 0 Å². The van der Waals surface area contributed by atoms with Crippen molar-refractivity contribution >= 4 is 47.5 Å². The maximum absolute atomic E-state index is 11.6. The minimum Gasteiger partial charge on any atom is -0.481 e. The van der Waals surface area contributed by atoms with Crippen LogP contribution in [0.5, 0.6) is 0 Å². The molecule has 4 saturated heterocycles. The fourth-order valence-corrected chi connectivity index (χ4v) is 7.29. The first-order valence-corrected chi connectivity index (χ1v) is 22.1. The van der Waals surface area contributed by atoms with Gasteiger partial charge in [-0.1, -0.05) is 45.4 Å². The second-order valence-corrected chi connectivity index (χ2v) is 16.0. The van der Waals surface area contributed by atoms with Crippen molar-refractivity contribution < 1.29 is 82.8 Å². The van der Waals surface area contributed by atoms with Gasteiger partial charge in [0.2, 0.25) is 23.6 Å². The van der Waals surface area contributed by atoms with Gasteiger partial charge in [-0.25, -0.2) is 0 Å². The molecule has 4 amide bonds. The van der Waals surface area contributed by atoms with Crippen molar-refractivity contribution in [3.63, 3.8) is 0 Å². The number of hydrogen-bond donors (Lipinski definition) is 5. The molecule has 21 heteroatoms. The minimum absolute atomic E-state index is 0.00180. The van der Waals surface area contributed by atoms with Crippen LogP contribution in [0.2, 0.25) is 0 Å². The Hall–Kier alpha value is -4.44. The van der Waals surface area contributed by atoms with Crippen LogP contribution in [0.3, 0.4) is 0 Å². The average Bonchev–Trinajstić information content (AvgIpc) is 4.02. The predicted octanol–water partition coefficient (Wildman–Crippen LogP) is 0.891. The lowest BCUT2D eigenvalue weighted by molar-refractivity contribution is -0.142. The molecule has 0 radical (unpaired) electrons. The lowest BCUT2D eigenvalue weighted by Gasteiger charge is -2.17. The molecule has 0 spiro atoms. The highest BCUT2D eigenvalue weighted by molar-refractivity contribution is 5.87. The standard InChI is InChI=1S/C16H24N2O8.C14H25NO3.C12H21NO6/c19-13-7-11(15(21)22)9-17(13)1-3-25-5-6-26-4-2-18-10-12(16(23)24)8-14(18)20;1-2-3-4-5-6-7-8-9-15-11-12(14(17)18)10-13(15)16;14-3-5-19-7-6-18-4-1-2-13-9-10(12(16)17)8-11(13)15/h11-12H,1-10H2,(H,21,22)(H,23,24);12H,2-11H2,1H3,(H,17,18);10,14H,1-9H2,(H,16,17). The summed E-state index contributed by atoms with van der Waals surface area (Å²) in [5, 5.41) is 44.0. The molecule has 4 rings (SSSR count). The molecule has 0 aliphatic carbocycles. The van der Waals surface area contributed by atoms with E-state index in [2.05, 4.69) is 6.92 Å². The van der Waals surface area contributed by atoms with Crippen molar-refractivity contribution in [3.05, 3.63) is 0 Å². The number of aliphatic hydroxyl groups is 1. The van der Waals surface area contributed by atoms with Crippen molar-refractivity contribution in [1.82, 2.24) is 19.6 Å². The number of ether oxygens (including phenoxy) is 4. The number of unbranched alkanes of at least 4 members (excludes halogenated alkanes) is 6. The number of carbonyl (C=O) groups is 8. The fraction of sp³-hybridized carbons (Fsp3) is 0.810. The Labute approximate surface area is 368 Å². The fourth-order valence-electron chi connectivity index (χ4n) is 7.29. The predicted molar refractivity (Wildman–Crippen MR) is 222 cm³/mol. The van der Waals surface area contributed by atoms with E-state index in [9.17, 15) is 38.4 Å². The maximum Gasteiger partial charge on any atom is 0.308 e. The van der Waals surface area contributed by atoms with Gasteiger partial charge in [0, 0.05) is 84.6 Å². The van der Waals surface area contributed by atoms with E-state index < -0.39 is 47.5 Å². The smallest absolute Gasteiger partial charge is 0.308 e. The van der Waals surface area contributed by atoms with Crippen molar-refractivity contribution in [3.8, 4) is 0 Å². The van der Waals surface area contributed by atoms with Crippen molar-refractivity contribution in [2.24, 2.45) is 23.7 Å². The molecule has 4 aliphatic rings. The van der Waals surface area contributed by atoms with Gasteiger partial charge in [0.1, 0.15) is 0 Å². The van der Waals surface area contributed by atoms with Crippen LogP contribution in [0.25, 0.3) is 0 Å². The molecule has 0 aromatic carbocycles. The quantitative estimate of drug-likeness (QED) is 0.0626. The Morgan fingerprint density at radius 2 is 0.730 bits per heavy atom. The molecule has 4 atom stereocenters. The molecule has 0 aromatic rings. The first kappa shape index (κ1) is 54.7. The van der Waals surface area contributed by atoms with Crippen LogP contribution in [0.1, 0.15) is 84.0 Å². The molecule has 360 valence electrons. The highest BCUT2D eigenvalue weighted by Crippen LogP contribution is 2.21. The zero-order valence-electron chi connectivity index (χ0n) is 36.7. The van der Waals surface area contributed by atoms with E-state index in [0.29, 0.717) is 92.0 Å². The molecule has 5 N–H and O–H groups in total. The molecule has 63 heavy (non-hydrogen) atoms. The average molecular weight is 903 g/mol.